The van der Waals surface area contributed by atoms with Gasteiger partial charge in [0.15, 0.2) is 0 Å². The molecule has 0 fully saturated rings. The van der Waals surface area contributed by atoms with Crippen molar-refractivity contribution in [1.29, 1.82) is 0 Å². The van der Waals surface area contributed by atoms with Crippen molar-refractivity contribution in [2.75, 3.05) is 18.3 Å². The van der Waals surface area contributed by atoms with Gasteiger partial charge in [0, 0.05) is 16.8 Å². The van der Waals surface area contributed by atoms with Gasteiger partial charge in [-0.15, -0.1) is 11.6 Å². The Morgan fingerprint density at radius 1 is 1.11 bits per heavy atom. The quantitative estimate of drug-likeness (QED) is 0.867. The molecule has 0 unspecified atom stereocenters. The van der Waals surface area contributed by atoms with Gasteiger partial charge in [-0.05, 0) is 12.1 Å². The zero-order valence-electron chi connectivity index (χ0n) is 10.5. The number of rotatable bonds is 4. The average Bonchev–Trinajstić information content (AvgIpc) is 2.47. The van der Waals surface area contributed by atoms with E-state index in [1.165, 1.54) is 0 Å². The molecule has 0 saturated carbocycles. The first-order valence-electron chi connectivity index (χ1n) is 5.84. The molecule has 1 amide bonds. The van der Waals surface area contributed by atoms with Crippen LogP contribution < -0.4 is 10.1 Å². The molecule has 2 rings (SSSR count). The van der Waals surface area contributed by atoms with Gasteiger partial charge in [0.1, 0.15) is 11.6 Å². The number of anilines is 1. The second kappa shape index (κ2) is 6.25. The fourth-order valence-corrected chi connectivity index (χ4v) is 1.94. The van der Waals surface area contributed by atoms with E-state index < -0.39 is 0 Å². The van der Waals surface area contributed by atoms with Crippen LogP contribution in [0.5, 0.6) is 5.75 Å². The Labute approximate surface area is 117 Å². The predicted octanol–water partition coefficient (Wildman–Crippen LogP) is 3.54. The number of amides is 1. The monoisotopic (exact) mass is 275 g/mol. The number of methoxy groups -OCH3 is 1. The molecule has 2 aromatic carbocycles. The SMILES string of the molecule is COc1ccccc1-c1ccccc1NC(=O)CCl. The Kier molecular flexibility index (Phi) is 4.42. The highest BCUT2D eigenvalue weighted by atomic mass is 35.5. The van der Waals surface area contributed by atoms with Crippen LogP contribution in [0.4, 0.5) is 5.69 Å². The van der Waals surface area contributed by atoms with E-state index in [0.717, 1.165) is 22.6 Å². The van der Waals surface area contributed by atoms with Crippen molar-refractivity contribution in [2.45, 2.75) is 0 Å². The van der Waals surface area contributed by atoms with Gasteiger partial charge in [-0.3, -0.25) is 4.79 Å². The van der Waals surface area contributed by atoms with Crippen molar-refractivity contribution in [1.82, 2.24) is 0 Å². The molecule has 0 spiro atoms. The summed E-state index contributed by atoms with van der Waals surface area (Å²) in [4.78, 5) is 11.4. The highest BCUT2D eigenvalue weighted by molar-refractivity contribution is 6.29. The molecule has 0 aliphatic carbocycles. The maximum Gasteiger partial charge on any atom is 0.239 e. The van der Waals surface area contributed by atoms with Crippen LogP contribution in [0.25, 0.3) is 11.1 Å². The number of benzene rings is 2. The third-order valence-electron chi connectivity index (χ3n) is 2.72. The predicted molar refractivity (Wildman–Crippen MR) is 77.8 cm³/mol. The second-order valence-corrected chi connectivity index (χ2v) is 4.19. The molecular weight excluding hydrogens is 262 g/mol. The lowest BCUT2D eigenvalue weighted by Crippen LogP contribution is -2.13. The number of para-hydroxylation sites is 2. The zero-order chi connectivity index (χ0) is 13.7. The van der Waals surface area contributed by atoms with E-state index in [4.69, 9.17) is 16.3 Å². The van der Waals surface area contributed by atoms with Gasteiger partial charge in [-0.25, -0.2) is 0 Å². The molecule has 0 aliphatic rings. The molecule has 0 bridgehead atoms. The number of nitrogens with one attached hydrogen (secondary N) is 1. The Morgan fingerprint density at radius 2 is 1.74 bits per heavy atom. The number of halogens is 1. The number of ether oxygens (including phenoxy) is 1. The molecule has 0 heterocycles. The summed E-state index contributed by atoms with van der Waals surface area (Å²) in [6, 6.07) is 15.2. The van der Waals surface area contributed by atoms with Gasteiger partial charge in [0.05, 0.1) is 7.11 Å². The lowest BCUT2D eigenvalue weighted by Gasteiger charge is -2.13. The third kappa shape index (κ3) is 3.06. The van der Waals surface area contributed by atoms with Crippen LogP contribution in [-0.2, 0) is 4.79 Å². The number of hydrogen-bond donors (Lipinski definition) is 1. The lowest BCUT2D eigenvalue weighted by molar-refractivity contribution is -0.113. The van der Waals surface area contributed by atoms with E-state index >= 15 is 0 Å². The molecule has 0 aliphatic heterocycles. The topological polar surface area (TPSA) is 38.3 Å². The van der Waals surface area contributed by atoms with Gasteiger partial charge in [0.2, 0.25) is 5.91 Å². The number of carbonyl (C=O) groups is 1. The summed E-state index contributed by atoms with van der Waals surface area (Å²) in [5, 5.41) is 2.78. The fourth-order valence-electron chi connectivity index (χ4n) is 1.88. The molecule has 0 atom stereocenters. The van der Waals surface area contributed by atoms with Crippen LogP contribution in [0.15, 0.2) is 48.5 Å². The lowest BCUT2D eigenvalue weighted by atomic mass is 10.0. The molecule has 0 radical (unpaired) electrons. The minimum atomic E-state index is -0.232. The van der Waals surface area contributed by atoms with Crippen LogP contribution in [-0.4, -0.2) is 18.9 Å². The molecule has 98 valence electrons. The number of carbonyl (C=O) groups excluding carboxylic acids is 1. The smallest absolute Gasteiger partial charge is 0.239 e. The van der Waals surface area contributed by atoms with Gasteiger partial charge in [-0.1, -0.05) is 36.4 Å². The normalized spacial score (nSPS) is 10.0. The molecule has 1 N–H and O–H groups in total. The summed E-state index contributed by atoms with van der Waals surface area (Å²) in [6.45, 7) is 0. The first kappa shape index (κ1) is 13.4. The minimum absolute atomic E-state index is 0.0692. The first-order chi connectivity index (χ1) is 9.26. The van der Waals surface area contributed by atoms with Crippen LogP contribution in [0.3, 0.4) is 0 Å². The summed E-state index contributed by atoms with van der Waals surface area (Å²) in [7, 11) is 1.62. The molecule has 0 saturated heterocycles. The standard InChI is InChI=1S/C15H14ClNO2/c1-19-14-9-5-3-7-12(14)11-6-2-4-8-13(11)17-15(18)10-16/h2-9H,10H2,1H3,(H,17,18). The maximum atomic E-state index is 11.4. The summed E-state index contributed by atoms with van der Waals surface area (Å²) in [5.74, 6) is 0.458. The number of hydrogen-bond acceptors (Lipinski definition) is 2. The maximum absolute atomic E-state index is 11.4. The largest absolute Gasteiger partial charge is 0.496 e. The van der Waals surface area contributed by atoms with E-state index in [9.17, 15) is 4.79 Å². The van der Waals surface area contributed by atoms with Crippen LogP contribution in [0.1, 0.15) is 0 Å². The molecule has 2 aromatic rings. The molecule has 3 nitrogen and oxygen atoms in total. The van der Waals surface area contributed by atoms with E-state index in [1.54, 1.807) is 7.11 Å². The third-order valence-corrected chi connectivity index (χ3v) is 2.96. The zero-order valence-corrected chi connectivity index (χ0v) is 11.3. The number of alkyl halides is 1. The Bertz CT molecular complexity index is 584. The van der Waals surface area contributed by atoms with Crippen molar-refractivity contribution >= 4 is 23.2 Å². The summed E-state index contributed by atoms with van der Waals surface area (Å²) in [6.07, 6.45) is 0. The first-order valence-corrected chi connectivity index (χ1v) is 6.38. The van der Waals surface area contributed by atoms with Crippen LogP contribution >= 0.6 is 11.6 Å². The van der Waals surface area contributed by atoms with Crippen molar-refractivity contribution in [2.24, 2.45) is 0 Å². The van der Waals surface area contributed by atoms with E-state index in [-0.39, 0.29) is 11.8 Å². The fraction of sp³-hybridized carbons (Fsp3) is 0.133. The van der Waals surface area contributed by atoms with E-state index in [0.29, 0.717) is 0 Å². The molecule has 0 aromatic heterocycles. The van der Waals surface area contributed by atoms with Gasteiger partial charge < -0.3 is 10.1 Å². The second-order valence-electron chi connectivity index (χ2n) is 3.93. The van der Waals surface area contributed by atoms with Crippen molar-refractivity contribution in [3.05, 3.63) is 48.5 Å². The van der Waals surface area contributed by atoms with Gasteiger partial charge in [0.25, 0.3) is 0 Å². The highest BCUT2D eigenvalue weighted by Gasteiger charge is 2.10. The van der Waals surface area contributed by atoms with Crippen molar-refractivity contribution in [3.8, 4) is 16.9 Å². The Balaban J connectivity index is 2.47. The molecule has 4 heteroatoms. The highest BCUT2D eigenvalue weighted by Crippen LogP contribution is 2.34. The Morgan fingerprint density at radius 3 is 2.42 bits per heavy atom. The van der Waals surface area contributed by atoms with Gasteiger partial charge >= 0.3 is 0 Å². The summed E-state index contributed by atoms with van der Waals surface area (Å²) >= 11 is 5.52. The molecular formula is C15H14ClNO2. The van der Waals surface area contributed by atoms with Crippen LogP contribution in [0, 0.1) is 0 Å². The van der Waals surface area contributed by atoms with Crippen molar-refractivity contribution in [3.63, 3.8) is 0 Å². The summed E-state index contributed by atoms with van der Waals surface area (Å²) in [5.41, 5.74) is 2.55. The summed E-state index contributed by atoms with van der Waals surface area (Å²) < 4.78 is 5.35. The van der Waals surface area contributed by atoms with Crippen LogP contribution in [0.2, 0.25) is 0 Å². The minimum Gasteiger partial charge on any atom is -0.496 e. The van der Waals surface area contributed by atoms with E-state index in [2.05, 4.69) is 5.32 Å². The Hall–Kier alpha value is -2.00. The van der Waals surface area contributed by atoms with Gasteiger partial charge in [-0.2, -0.15) is 0 Å². The average molecular weight is 276 g/mol. The molecule has 19 heavy (non-hydrogen) atoms. The van der Waals surface area contributed by atoms with Crippen molar-refractivity contribution < 1.29 is 9.53 Å². The van der Waals surface area contributed by atoms with E-state index in [1.807, 2.05) is 48.5 Å².